The fourth-order valence-electron chi connectivity index (χ4n) is 9.30. The highest BCUT2D eigenvalue weighted by atomic mass is 28.3. The molecule has 0 saturated carbocycles. The lowest BCUT2D eigenvalue weighted by atomic mass is 9.95. The predicted molar refractivity (Wildman–Crippen MR) is 251 cm³/mol. The maximum absolute atomic E-state index is 6.40. The number of aromatic nitrogens is 2. The van der Waals surface area contributed by atoms with Gasteiger partial charge in [0.25, 0.3) is 0 Å². The van der Waals surface area contributed by atoms with Crippen LogP contribution in [0, 0.1) is 0 Å². The summed E-state index contributed by atoms with van der Waals surface area (Å²) in [6.07, 6.45) is 1.95. The average molecular weight is 789 g/mol. The van der Waals surface area contributed by atoms with E-state index in [0.717, 1.165) is 39.5 Å². The van der Waals surface area contributed by atoms with Crippen molar-refractivity contribution in [3.8, 4) is 28.1 Å². The van der Waals surface area contributed by atoms with Crippen LogP contribution in [-0.4, -0.2) is 24.7 Å². The molecule has 5 nitrogen and oxygen atoms in total. The molecule has 10 aromatic rings. The van der Waals surface area contributed by atoms with Gasteiger partial charge in [-0.25, -0.2) is 10.0 Å². The van der Waals surface area contributed by atoms with E-state index >= 15 is 0 Å². The highest BCUT2D eigenvalue weighted by Gasteiger charge is 2.42. The molecule has 1 aliphatic heterocycles. The number of rotatable bonds is 8. The molecule has 286 valence electrons. The van der Waals surface area contributed by atoms with E-state index < -0.39 is 8.07 Å². The maximum Gasteiger partial charge on any atom is 0.179 e. The number of hydrogen-bond donors (Lipinski definition) is 0. The van der Waals surface area contributed by atoms with Crippen LogP contribution in [0.3, 0.4) is 0 Å². The van der Waals surface area contributed by atoms with E-state index in [-0.39, 0.29) is 0 Å². The van der Waals surface area contributed by atoms with Crippen LogP contribution < -0.4 is 30.9 Å². The average Bonchev–Trinajstić information content (AvgIpc) is 3.84. The summed E-state index contributed by atoms with van der Waals surface area (Å²) in [5.74, 6) is 0.876. The lowest BCUT2D eigenvalue weighted by molar-refractivity contribution is 0.142. The van der Waals surface area contributed by atoms with Gasteiger partial charge in [-0.15, -0.1) is 4.94 Å². The Morgan fingerprint density at radius 2 is 1.02 bits per heavy atom. The fraction of sp³-hybridized carbons (Fsp3) is 0.0185. The number of para-hydroxylation sites is 3. The summed E-state index contributed by atoms with van der Waals surface area (Å²) < 4.78 is 2.36. The van der Waals surface area contributed by atoms with Crippen molar-refractivity contribution in [2.24, 2.45) is 0 Å². The van der Waals surface area contributed by atoms with E-state index in [2.05, 4.69) is 217 Å². The Labute approximate surface area is 350 Å². The van der Waals surface area contributed by atoms with E-state index in [0.29, 0.717) is 0 Å². The van der Waals surface area contributed by atoms with Crippen LogP contribution >= 0.6 is 0 Å². The van der Waals surface area contributed by atoms with Crippen molar-refractivity contribution < 1.29 is 4.94 Å². The standard InChI is InChI=1S/C54H40N4OSi/c1-56-51-30-15-16-31-52(51)58(59-56)41-20-17-25-44(37-41)60(42-21-7-3-8-22-42,43-23-9-4-10-24-43)45-32-33-49-48-28-13-14-29-50(48)57(53(49)38-45)54-36-40(34-35-55-54)47-27-12-11-26-46(47)39-18-5-2-6-19-39/h2-38H,1H3. The number of hydroxylamine groups is 1. The van der Waals surface area contributed by atoms with Crippen LogP contribution in [0.15, 0.2) is 225 Å². The molecule has 0 aliphatic carbocycles. The minimum atomic E-state index is -3.02. The molecule has 0 N–H and O–H groups in total. The van der Waals surface area contributed by atoms with Crippen LogP contribution in [0.4, 0.5) is 17.1 Å². The topological polar surface area (TPSA) is 33.5 Å². The summed E-state index contributed by atoms with van der Waals surface area (Å²) in [6, 6.07) is 79.0. The van der Waals surface area contributed by atoms with Crippen LogP contribution in [0.5, 0.6) is 0 Å². The van der Waals surface area contributed by atoms with Gasteiger partial charge in [-0.2, -0.15) is 5.06 Å². The second-order valence-electron chi connectivity index (χ2n) is 15.3. The first-order valence-electron chi connectivity index (χ1n) is 20.4. The molecule has 11 rings (SSSR count). The van der Waals surface area contributed by atoms with Gasteiger partial charge in [0, 0.05) is 24.0 Å². The summed E-state index contributed by atoms with van der Waals surface area (Å²) in [5, 5.41) is 11.3. The molecule has 0 saturated heterocycles. The normalized spacial score (nSPS) is 12.6. The van der Waals surface area contributed by atoms with Crippen LogP contribution in [0.1, 0.15) is 0 Å². The van der Waals surface area contributed by atoms with E-state index in [1.807, 2.05) is 29.4 Å². The number of pyridine rings is 1. The summed E-state index contributed by atoms with van der Waals surface area (Å²) in [7, 11) is -1.06. The quantitative estimate of drug-likeness (QED) is 0.113. The molecule has 0 amide bonds. The lowest BCUT2D eigenvalue weighted by Crippen LogP contribution is -2.74. The number of nitrogens with zero attached hydrogens (tertiary/aromatic N) is 4. The molecule has 0 bridgehead atoms. The Balaban J connectivity index is 1.16. The molecule has 3 heterocycles. The van der Waals surface area contributed by atoms with Gasteiger partial charge in [-0.05, 0) is 91.5 Å². The van der Waals surface area contributed by atoms with Gasteiger partial charge < -0.3 is 0 Å². The van der Waals surface area contributed by atoms with E-state index in [1.165, 1.54) is 48.2 Å². The number of hydrogen-bond acceptors (Lipinski definition) is 4. The zero-order valence-electron chi connectivity index (χ0n) is 33.1. The Hall–Kier alpha value is -7.51. The molecule has 6 heteroatoms. The summed E-state index contributed by atoms with van der Waals surface area (Å²) in [4.78, 5) is 11.5. The van der Waals surface area contributed by atoms with Crippen molar-refractivity contribution >= 4 is 67.7 Å². The van der Waals surface area contributed by atoms with E-state index in [9.17, 15) is 0 Å². The minimum absolute atomic E-state index is 0.876. The molecule has 0 spiro atoms. The van der Waals surface area contributed by atoms with Gasteiger partial charge >= 0.3 is 0 Å². The van der Waals surface area contributed by atoms with E-state index in [1.54, 1.807) is 0 Å². The number of benzene rings is 8. The van der Waals surface area contributed by atoms with Crippen molar-refractivity contribution in [1.82, 2.24) is 9.55 Å². The van der Waals surface area contributed by atoms with Gasteiger partial charge in [0.1, 0.15) is 5.82 Å². The zero-order chi connectivity index (χ0) is 40.0. The van der Waals surface area contributed by atoms with Crippen LogP contribution in [0.2, 0.25) is 0 Å². The summed E-state index contributed by atoms with van der Waals surface area (Å²) in [5.41, 5.74) is 9.91. The predicted octanol–water partition coefficient (Wildman–Crippen LogP) is 10.3. The highest BCUT2D eigenvalue weighted by molar-refractivity contribution is 7.20. The second kappa shape index (κ2) is 14.7. The molecular weight excluding hydrogens is 749 g/mol. The molecular formula is C54H40N4OSi. The van der Waals surface area contributed by atoms with Crippen molar-refractivity contribution in [2.45, 2.75) is 0 Å². The molecule has 0 unspecified atom stereocenters. The Kier molecular flexibility index (Phi) is 8.73. The molecule has 8 aromatic carbocycles. The Morgan fingerprint density at radius 1 is 0.433 bits per heavy atom. The monoisotopic (exact) mass is 788 g/mol. The zero-order valence-corrected chi connectivity index (χ0v) is 34.1. The largest absolute Gasteiger partial charge is 0.294 e. The Bertz CT molecular complexity index is 3130. The van der Waals surface area contributed by atoms with Crippen LogP contribution in [0.25, 0.3) is 49.9 Å². The highest BCUT2D eigenvalue weighted by Crippen LogP contribution is 2.40. The smallest absolute Gasteiger partial charge is 0.179 e. The van der Waals surface area contributed by atoms with Gasteiger partial charge in [0.2, 0.25) is 0 Å². The summed E-state index contributed by atoms with van der Waals surface area (Å²) in [6.45, 7) is 0. The first kappa shape index (κ1) is 35.6. The molecule has 60 heavy (non-hydrogen) atoms. The molecule has 0 fully saturated rings. The summed E-state index contributed by atoms with van der Waals surface area (Å²) >= 11 is 0. The third-order valence-corrected chi connectivity index (χ3v) is 16.7. The van der Waals surface area contributed by atoms with Gasteiger partial charge in [-0.1, -0.05) is 170 Å². The van der Waals surface area contributed by atoms with E-state index in [4.69, 9.17) is 9.92 Å². The van der Waals surface area contributed by atoms with Gasteiger partial charge in [-0.3, -0.25) is 4.57 Å². The lowest BCUT2D eigenvalue weighted by Gasteiger charge is -2.35. The van der Waals surface area contributed by atoms with Crippen molar-refractivity contribution in [3.63, 3.8) is 0 Å². The molecule has 0 radical (unpaired) electrons. The molecule has 2 aromatic heterocycles. The second-order valence-corrected chi connectivity index (χ2v) is 19.1. The molecule has 0 atom stereocenters. The SMILES string of the molecule is CN1ON(c2cccc([Si](c3ccccc3)(c3ccccc3)c3ccc4c5ccccc5n(-c5cc(-c6ccccc6-c6ccccc6)ccn5)c4c3)c2)c2ccccc21. The third kappa shape index (κ3) is 5.76. The molecule has 1 aliphatic rings. The Morgan fingerprint density at radius 3 is 1.77 bits per heavy atom. The first-order chi connectivity index (χ1) is 29.7. The number of anilines is 3. The van der Waals surface area contributed by atoms with Crippen LogP contribution in [-0.2, 0) is 4.94 Å². The first-order valence-corrected chi connectivity index (χ1v) is 22.4. The minimum Gasteiger partial charge on any atom is -0.294 e. The van der Waals surface area contributed by atoms with Crippen molar-refractivity contribution in [1.29, 1.82) is 0 Å². The fourth-order valence-corrected chi connectivity index (χ4v) is 14.1. The van der Waals surface area contributed by atoms with Crippen molar-refractivity contribution in [3.05, 3.63) is 225 Å². The maximum atomic E-state index is 6.40. The third-order valence-electron chi connectivity index (χ3n) is 12.0. The van der Waals surface area contributed by atoms with Gasteiger partial charge in [0.05, 0.1) is 28.1 Å². The van der Waals surface area contributed by atoms with Crippen molar-refractivity contribution in [2.75, 3.05) is 17.2 Å². The van der Waals surface area contributed by atoms with Gasteiger partial charge in [0.15, 0.2) is 8.07 Å². The number of fused-ring (bicyclic) bond motifs is 4.